The van der Waals surface area contributed by atoms with Crippen LogP contribution in [0.25, 0.3) is 0 Å². The smallest absolute Gasteiger partial charge is 0.261 e. The highest BCUT2D eigenvalue weighted by atomic mass is 16.1. The van der Waals surface area contributed by atoms with Crippen molar-refractivity contribution in [2.75, 3.05) is 0 Å². The molecule has 1 aromatic heterocycles. The van der Waals surface area contributed by atoms with Gasteiger partial charge in [-0.2, -0.15) is 0 Å². The number of aromatic nitrogens is 1. The predicted octanol–water partition coefficient (Wildman–Crippen LogP) is 1.95. The molecule has 1 aliphatic carbocycles. The standard InChI is InChI=1S/C13H17NO2/c1-2-7-14-12-6-4-3-5-10(12)8-11(9-15)13(14)16/h8-9H,2-7H2,1H3. The van der Waals surface area contributed by atoms with Gasteiger partial charge in [0, 0.05) is 12.2 Å². The van der Waals surface area contributed by atoms with E-state index in [-0.39, 0.29) is 5.56 Å². The van der Waals surface area contributed by atoms with Gasteiger partial charge in [-0.25, -0.2) is 0 Å². The van der Waals surface area contributed by atoms with Crippen LogP contribution >= 0.6 is 0 Å². The van der Waals surface area contributed by atoms with E-state index in [9.17, 15) is 9.59 Å². The Morgan fingerprint density at radius 2 is 2.12 bits per heavy atom. The molecule has 0 aromatic carbocycles. The van der Waals surface area contributed by atoms with E-state index in [1.54, 1.807) is 10.6 Å². The number of rotatable bonds is 3. The fourth-order valence-electron chi connectivity index (χ4n) is 2.45. The summed E-state index contributed by atoms with van der Waals surface area (Å²) in [6.45, 7) is 2.78. The maximum absolute atomic E-state index is 12.0. The molecule has 0 bridgehead atoms. The lowest BCUT2D eigenvalue weighted by Gasteiger charge is -2.21. The Bertz CT molecular complexity index is 460. The summed E-state index contributed by atoms with van der Waals surface area (Å²) in [6.07, 6.45) is 5.90. The third-order valence-corrected chi connectivity index (χ3v) is 3.20. The molecule has 2 rings (SSSR count). The summed E-state index contributed by atoms with van der Waals surface area (Å²) < 4.78 is 1.80. The molecule has 0 radical (unpaired) electrons. The number of hydrogen-bond donors (Lipinski definition) is 0. The number of aryl methyl sites for hydroxylation is 1. The first-order valence-corrected chi connectivity index (χ1v) is 5.98. The Kier molecular flexibility index (Phi) is 3.22. The van der Waals surface area contributed by atoms with Crippen molar-refractivity contribution >= 4 is 6.29 Å². The molecular formula is C13H17NO2. The lowest BCUT2D eigenvalue weighted by molar-refractivity contribution is 0.112. The average Bonchev–Trinajstić information content (AvgIpc) is 2.32. The second-order valence-electron chi connectivity index (χ2n) is 4.35. The van der Waals surface area contributed by atoms with Crippen LogP contribution in [0.15, 0.2) is 10.9 Å². The summed E-state index contributed by atoms with van der Waals surface area (Å²) >= 11 is 0. The van der Waals surface area contributed by atoms with Gasteiger partial charge in [0.15, 0.2) is 6.29 Å². The van der Waals surface area contributed by atoms with Crippen LogP contribution < -0.4 is 5.56 Å². The SMILES string of the molecule is CCCn1c2c(cc(C=O)c1=O)CCCC2. The molecule has 0 saturated carbocycles. The van der Waals surface area contributed by atoms with Gasteiger partial charge in [-0.15, -0.1) is 0 Å². The summed E-state index contributed by atoms with van der Waals surface area (Å²) in [7, 11) is 0. The van der Waals surface area contributed by atoms with Crippen LogP contribution in [-0.2, 0) is 19.4 Å². The van der Waals surface area contributed by atoms with Crippen molar-refractivity contribution in [1.29, 1.82) is 0 Å². The lowest BCUT2D eigenvalue weighted by atomic mass is 9.94. The molecule has 0 saturated heterocycles. The Balaban J connectivity index is 2.62. The molecule has 3 heteroatoms. The number of pyridine rings is 1. The normalized spacial score (nSPS) is 14.6. The maximum Gasteiger partial charge on any atom is 0.261 e. The fraction of sp³-hybridized carbons (Fsp3) is 0.538. The van der Waals surface area contributed by atoms with E-state index in [1.165, 1.54) is 5.56 Å². The number of aldehydes is 1. The van der Waals surface area contributed by atoms with Crippen LogP contribution in [0.5, 0.6) is 0 Å². The van der Waals surface area contributed by atoms with Gasteiger partial charge >= 0.3 is 0 Å². The quantitative estimate of drug-likeness (QED) is 0.729. The Hall–Kier alpha value is -1.38. The third kappa shape index (κ3) is 1.82. The van der Waals surface area contributed by atoms with Gasteiger partial charge < -0.3 is 4.57 Å². The van der Waals surface area contributed by atoms with Crippen LogP contribution in [0.2, 0.25) is 0 Å². The number of carbonyl (C=O) groups is 1. The first kappa shape index (κ1) is 11.1. The monoisotopic (exact) mass is 219 g/mol. The van der Waals surface area contributed by atoms with E-state index < -0.39 is 0 Å². The third-order valence-electron chi connectivity index (χ3n) is 3.20. The molecule has 86 valence electrons. The molecule has 3 nitrogen and oxygen atoms in total. The first-order chi connectivity index (χ1) is 7.77. The molecule has 0 N–H and O–H groups in total. The van der Waals surface area contributed by atoms with Crippen LogP contribution in [0.3, 0.4) is 0 Å². The van der Waals surface area contributed by atoms with E-state index in [0.29, 0.717) is 11.8 Å². The highest BCUT2D eigenvalue weighted by molar-refractivity contribution is 5.74. The van der Waals surface area contributed by atoms with Crippen molar-refractivity contribution in [2.45, 2.75) is 45.6 Å². The molecule has 0 fully saturated rings. The Morgan fingerprint density at radius 3 is 2.81 bits per heavy atom. The van der Waals surface area contributed by atoms with E-state index in [4.69, 9.17) is 0 Å². The number of carbonyl (C=O) groups excluding carboxylic acids is 1. The Morgan fingerprint density at radius 1 is 1.38 bits per heavy atom. The average molecular weight is 219 g/mol. The molecule has 0 unspecified atom stereocenters. The molecule has 0 atom stereocenters. The number of hydrogen-bond acceptors (Lipinski definition) is 2. The van der Waals surface area contributed by atoms with Gasteiger partial charge in [0.1, 0.15) is 0 Å². The van der Waals surface area contributed by atoms with Crippen molar-refractivity contribution in [1.82, 2.24) is 4.57 Å². The minimum absolute atomic E-state index is 0.113. The van der Waals surface area contributed by atoms with Crippen LogP contribution in [0.1, 0.15) is 47.8 Å². The first-order valence-electron chi connectivity index (χ1n) is 5.98. The van der Waals surface area contributed by atoms with Crippen molar-refractivity contribution < 1.29 is 4.79 Å². The zero-order valence-electron chi connectivity index (χ0n) is 9.66. The topological polar surface area (TPSA) is 39.1 Å². The molecule has 0 amide bonds. The summed E-state index contributed by atoms with van der Waals surface area (Å²) in [5, 5.41) is 0. The summed E-state index contributed by atoms with van der Waals surface area (Å²) in [6, 6.07) is 1.79. The number of fused-ring (bicyclic) bond motifs is 1. The van der Waals surface area contributed by atoms with Gasteiger partial charge in [-0.3, -0.25) is 9.59 Å². The second-order valence-corrected chi connectivity index (χ2v) is 4.35. The van der Waals surface area contributed by atoms with Crippen LogP contribution in [-0.4, -0.2) is 10.9 Å². The molecule has 16 heavy (non-hydrogen) atoms. The lowest BCUT2D eigenvalue weighted by Crippen LogP contribution is -2.29. The summed E-state index contributed by atoms with van der Waals surface area (Å²) in [4.78, 5) is 22.8. The summed E-state index contributed by atoms with van der Waals surface area (Å²) in [5.74, 6) is 0. The zero-order chi connectivity index (χ0) is 11.5. The minimum atomic E-state index is -0.113. The molecule has 1 heterocycles. The van der Waals surface area contributed by atoms with Crippen molar-refractivity contribution in [3.8, 4) is 0 Å². The minimum Gasteiger partial charge on any atom is -0.312 e. The van der Waals surface area contributed by atoms with Gasteiger partial charge in [0.2, 0.25) is 0 Å². The number of nitrogens with zero attached hydrogens (tertiary/aromatic N) is 1. The van der Waals surface area contributed by atoms with E-state index in [1.807, 2.05) is 0 Å². The van der Waals surface area contributed by atoms with Gasteiger partial charge in [0.05, 0.1) is 5.56 Å². The van der Waals surface area contributed by atoms with Crippen molar-refractivity contribution in [3.05, 3.63) is 33.2 Å². The largest absolute Gasteiger partial charge is 0.312 e. The second kappa shape index (κ2) is 4.64. The molecule has 0 aliphatic heterocycles. The molecule has 1 aromatic rings. The van der Waals surface area contributed by atoms with Crippen molar-refractivity contribution in [3.63, 3.8) is 0 Å². The molecular weight excluding hydrogens is 202 g/mol. The van der Waals surface area contributed by atoms with E-state index >= 15 is 0 Å². The van der Waals surface area contributed by atoms with Gasteiger partial charge in [0.25, 0.3) is 5.56 Å². The Labute approximate surface area is 95.1 Å². The highest BCUT2D eigenvalue weighted by Gasteiger charge is 2.16. The van der Waals surface area contributed by atoms with E-state index in [0.717, 1.165) is 44.3 Å². The predicted molar refractivity (Wildman–Crippen MR) is 63.0 cm³/mol. The van der Waals surface area contributed by atoms with Crippen molar-refractivity contribution in [2.24, 2.45) is 0 Å². The molecule has 0 spiro atoms. The summed E-state index contributed by atoms with van der Waals surface area (Å²) in [5.41, 5.74) is 2.55. The highest BCUT2D eigenvalue weighted by Crippen LogP contribution is 2.20. The van der Waals surface area contributed by atoms with Crippen LogP contribution in [0, 0.1) is 0 Å². The van der Waals surface area contributed by atoms with Crippen LogP contribution in [0.4, 0.5) is 0 Å². The van der Waals surface area contributed by atoms with Gasteiger partial charge in [-0.05, 0) is 43.7 Å². The molecule has 1 aliphatic rings. The van der Waals surface area contributed by atoms with E-state index in [2.05, 4.69) is 6.92 Å². The fourth-order valence-corrected chi connectivity index (χ4v) is 2.45. The van der Waals surface area contributed by atoms with Gasteiger partial charge in [-0.1, -0.05) is 6.92 Å². The maximum atomic E-state index is 12.0. The zero-order valence-corrected chi connectivity index (χ0v) is 9.66.